The summed E-state index contributed by atoms with van der Waals surface area (Å²) in [6.45, 7) is 5.16. The van der Waals surface area contributed by atoms with Crippen LogP contribution in [0.3, 0.4) is 0 Å². The number of piperazine rings is 1. The quantitative estimate of drug-likeness (QED) is 0.758. The molecule has 0 saturated carbocycles. The second-order valence-electron chi connectivity index (χ2n) is 8.99. The van der Waals surface area contributed by atoms with Crippen molar-refractivity contribution in [3.05, 3.63) is 71.5 Å². The molecule has 2 aromatic carbocycles. The van der Waals surface area contributed by atoms with Crippen LogP contribution in [0.1, 0.15) is 41.7 Å². The van der Waals surface area contributed by atoms with Crippen molar-refractivity contribution in [2.75, 3.05) is 39.8 Å². The Kier molecular flexibility index (Phi) is 6.10. The molecule has 0 unspecified atom stereocenters. The number of carbonyl (C=O) groups is 2. The van der Waals surface area contributed by atoms with E-state index in [0.717, 1.165) is 6.54 Å². The van der Waals surface area contributed by atoms with Crippen LogP contribution in [0.15, 0.2) is 54.6 Å². The molecule has 0 aliphatic carbocycles. The molecule has 2 aliphatic heterocycles. The Balaban J connectivity index is 1.41. The number of hydrogen-bond donors (Lipinski definition) is 0. The molecule has 0 radical (unpaired) electrons. The molecule has 0 N–H and O–H groups in total. The highest BCUT2D eigenvalue weighted by Crippen LogP contribution is 2.35. The van der Waals surface area contributed by atoms with Gasteiger partial charge in [0.1, 0.15) is 5.82 Å². The number of carbonyl (C=O) groups excluding carboxylic acids is 2. The predicted molar refractivity (Wildman–Crippen MR) is 118 cm³/mol. The molecule has 2 fully saturated rings. The highest BCUT2D eigenvalue weighted by molar-refractivity contribution is 5.94. The van der Waals surface area contributed by atoms with E-state index in [0.29, 0.717) is 39.0 Å². The zero-order chi connectivity index (χ0) is 22.0. The highest BCUT2D eigenvalue weighted by Gasteiger charge is 2.42. The van der Waals surface area contributed by atoms with Crippen LogP contribution in [-0.4, -0.2) is 66.3 Å². The van der Waals surface area contributed by atoms with Crippen LogP contribution in [0, 0.1) is 11.2 Å². The maximum atomic E-state index is 14.0. The molecular weight excluding hydrogens is 393 g/mol. The molecule has 5 nitrogen and oxygen atoms in total. The summed E-state index contributed by atoms with van der Waals surface area (Å²) in [6, 6.07) is 16.6. The number of likely N-dealkylation sites (N-methyl/N-ethyl adjacent to an activating group) is 1. The molecule has 164 valence electrons. The van der Waals surface area contributed by atoms with E-state index in [1.54, 1.807) is 17.0 Å². The summed E-state index contributed by atoms with van der Waals surface area (Å²) in [5, 5.41) is 0. The Morgan fingerprint density at radius 1 is 0.903 bits per heavy atom. The predicted octanol–water partition coefficient (Wildman–Crippen LogP) is 3.58. The van der Waals surface area contributed by atoms with Gasteiger partial charge in [0.25, 0.3) is 5.91 Å². The van der Waals surface area contributed by atoms with Crippen molar-refractivity contribution in [1.82, 2.24) is 14.7 Å². The number of amides is 2. The van der Waals surface area contributed by atoms with Gasteiger partial charge in [-0.05, 0) is 37.6 Å². The Hall–Kier alpha value is -2.73. The molecule has 31 heavy (non-hydrogen) atoms. The molecule has 2 aromatic rings. The van der Waals surface area contributed by atoms with E-state index in [4.69, 9.17) is 0 Å². The van der Waals surface area contributed by atoms with Crippen molar-refractivity contribution in [3.8, 4) is 0 Å². The zero-order valence-electron chi connectivity index (χ0n) is 18.3. The van der Waals surface area contributed by atoms with E-state index in [-0.39, 0.29) is 23.4 Å². The first-order chi connectivity index (χ1) is 14.9. The number of likely N-dealkylation sites (tertiary alicyclic amines) is 1. The zero-order valence-corrected chi connectivity index (χ0v) is 18.3. The summed E-state index contributed by atoms with van der Waals surface area (Å²) in [4.78, 5) is 32.2. The lowest BCUT2D eigenvalue weighted by atomic mass is 9.78. The summed E-state index contributed by atoms with van der Waals surface area (Å²) in [6.07, 6.45) is 1.18. The first kappa shape index (κ1) is 21.5. The third-order valence-electron chi connectivity index (χ3n) is 6.89. The summed E-state index contributed by atoms with van der Waals surface area (Å²) >= 11 is 0. The van der Waals surface area contributed by atoms with Crippen molar-refractivity contribution in [2.45, 2.75) is 25.8 Å². The molecular formula is C25H30FN3O2. The van der Waals surface area contributed by atoms with E-state index in [1.807, 2.05) is 30.0 Å². The molecule has 2 saturated heterocycles. The van der Waals surface area contributed by atoms with E-state index < -0.39 is 11.2 Å². The molecule has 2 aliphatic rings. The van der Waals surface area contributed by atoms with Crippen LogP contribution < -0.4 is 0 Å². The molecule has 2 heterocycles. The molecule has 1 atom stereocenters. The van der Waals surface area contributed by atoms with E-state index in [1.165, 1.54) is 17.7 Å². The van der Waals surface area contributed by atoms with Crippen molar-refractivity contribution in [3.63, 3.8) is 0 Å². The lowest BCUT2D eigenvalue weighted by molar-refractivity contribution is -0.146. The van der Waals surface area contributed by atoms with Crippen molar-refractivity contribution in [1.29, 1.82) is 0 Å². The Labute approximate surface area is 183 Å². The second-order valence-corrected chi connectivity index (χ2v) is 8.99. The fourth-order valence-corrected chi connectivity index (χ4v) is 4.70. The van der Waals surface area contributed by atoms with Crippen LogP contribution in [0.2, 0.25) is 0 Å². The fourth-order valence-electron chi connectivity index (χ4n) is 4.70. The topological polar surface area (TPSA) is 43.9 Å². The Bertz CT molecular complexity index is 941. The monoisotopic (exact) mass is 423 g/mol. The lowest BCUT2D eigenvalue weighted by Crippen LogP contribution is -2.55. The average molecular weight is 424 g/mol. The van der Waals surface area contributed by atoms with Gasteiger partial charge in [0.05, 0.1) is 11.6 Å². The van der Waals surface area contributed by atoms with E-state index >= 15 is 0 Å². The fraction of sp³-hybridized carbons (Fsp3) is 0.440. The number of hydrogen-bond acceptors (Lipinski definition) is 3. The SMILES string of the molecule is CN1CCN(C(=O)C2(C)CCN(C(=O)c3ccccc3F)CC2)C[C@@H]1c1ccccc1. The highest BCUT2D eigenvalue weighted by atomic mass is 19.1. The molecule has 6 heteroatoms. The summed E-state index contributed by atoms with van der Waals surface area (Å²) in [7, 11) is 2.11. The Morgan fingerprint density at radius 3 is 2.23 bits per heavy atom. The van der Waals surface area contributed by atoms with Gasteiger partial charge in [-0.3, -0.25) is 14.5 Å². The smallest absolute Gasteiger partial charge is 0.256 e. The molecule has 0 bridgehead atoms. The number of halogens is 1. The van der Waals surface area contributed by atoms with Crippen LogP contribution >= 0.6 is 0 Å². The van der Waals surface area contributed by atoms with Gasteiger partial charge in [-0.2, -0.15) is 0 Å². The van der Waals surface area contributed by atoms with Gasteiger partial charge in [0, 0.05) is 38.1 Å². The molecule has 0 spiro atoms. The van der Waals surface area contributed by atoms with Crippen LogP contribution in [0.25, 0.3) is 0 Å². The standard InChI is InChI=1S/C25H30FN3O2/c1-25(12-14-28(15-13-25)23(30)20-10-6-7-11-21(20)26)24(31)29-17-16-27(2)22(18-29)19-8-4-3-5-9-19/h3-11,22H,12-18H2,1-2H3/t22-/m1/s1. The number of piperidine rings is 1. The lowest BCUT2D eigenvalue weighted by Gasteiger charge is -2.45. The van der Waals surface area contributed by atoms with E-state index in [2.05, 4.69) is 24.1 Å². The van der Waals surface area contributed by atoms with Gasteiger partial charge < -0.3 is 9.80 Å². The van der Waals surface area contributed by atoms with Gasteiger partial charge in [-0.25, -0.2) is 4.39 Å². The molecule has 4 rings (SSSR count). The first-order valence-corrected chi connectivity index (χ1v) is 11.0. The van der Waals surface area contributed by atoms with Gasteiger partial charge in [-0.1, -0.05) is 49.4 Å². The average Bonchev–Trinajstić information content (AvgIpc) is 2.80. The number of rotatable bonds is 3. The van der Waals surface area contributed by atoms with Crippen molar-refractivity contribution < 1.29 is 14.0 Å². The maximum Gasteiger partial charge on any atom is 0.256 e. The number of benzene rings is 2. The Morgan fingerprint density at radius 2 is 1.55 bits per heavy atom. The third-order valence-corrected chi connectivity index (χ3v) is 6.89. The normalized spacial score (nSPS) is 21.7. The minimum Gasteiger partial charge on any atom is -0.339 e. The second kappa shape index (κ2) is 8.79. The summed E-state index contributed by atoms with van der Waals surface area (Å²) in [5.41, 5.74) is 0.823. The summed E-state index contributed by atoms with van der Waals surface area (Å²) in [5.74, 6) is -0.628. The molecule has 0 aromatic heterocycles. The van der Waals surface area contributed by atoms with Gasteiger partial charge in [0.15, 0.2) is 0 Å². The van der Waals surface area contributed by atoms with Crippen molar-refractivity contribution in [2.24, 2.45) is 5.41 Å². The van der Waals surface area contributed by atoms with E-state index in [9.17, 15) is 14.0 Å². The minimum absolute atomic E-state index is 0.0993. The molecule has 2 amide bonds. The summed E-state index contributed by atoms with van der Waals surface area (Å²) < 4.78 is 14.0. The number of nitrogens with zero attached hydrogens (tertiary/aromatic N) is 3. The van der Waals surface area contributed by atoms with Gasteiger partial charge in [0.2, 0.25) is 5.91 Å². The van der Waals surface area contributed by atoms with Gasteiger partial charge in [-0.15, -0.1) is 0 Å². The van der Waals surface area contributed by atoms with Crippen LogP contribution in [-0.2, 0) is 4.79 Å². The first-order valence-electron chi connectivity index (χ1n) is 11.0. The van der Waals surface area contributed by atoms with Gasteiger partial charge >= 0.3 is 0 Å². The third kappa shape index (κ3) is 4.35. The van der Waals surface area contributed by atoms with Crippen LogP contribution in [0.5, 0.6) is 0 Å². The van der Waals surface area contributed by atoms with Crippen molar-refractivity contribution >= 4 is 11.8 Å². The van der Waals surface area contributed by atoms with Crippen LogP contribution in [0.4, 0.5) is 4.39 Å². The minimum atomic E-state index is -0.499. The largest absolute Gasteiger partial charge is 0.339 e. The maximum absolute atomic E-state index is 14.0.